The fraction of sp³-hybridized carbons (Fsp3) is 0.708. The summed E-state index contributed by atoms with van der Waals surface area (Å²) in [5.41, 5.74) is 1.70. The Labute approximate surface area is 216 Å². The van der Waals surface area contributed by atoms with Gasteiger partial charge >= 0.3 is 0 Å². The lowest BCUT2D eigenvalue weighted by atomic mass is 10.1. The number of likely N-dealkylation sites (N-methyl/N-ethyl adjacent to an activating group) is 1. The van der Waals surface area contributed by atoms with Gasteiger partial charge in [0.25, 0.3) is 0 Å². The maximum absolute atomic E-state index is 10.8. The van der Waals surface area contributed by atoms with E-state index in [0.717, 1.165) is 71.5 Å². The van der Waals surface area contributed by atoms with Crippen molar-refractivity contribution in [2.75, 3.05) is 79.2 Å². The minimum Gasteiger partial charge on any atom is -0.387 e. The summed E-state index contributed by atoms with van der Waals surface area (Å²) in [6.07, 6.45) is 0. The van der Waals surface area contributed by atoms with Crippen LogP contribution in [0.3, 0.4) is 0 Å². The molecule has 0 aliphatic carbocycles. The van der Waals surface area contributed by atoms with Crippen LogP contribution in [0.1, 0.15) is 25.0 Å². The Morgan fingerprint density at radius 1 is 1.00 bits per heavy atom. The highest BCUT2D eigenvalue weighted by molar-refractivity contribution is 14.0. The van der Waals surface area contributed by atoms with E-state index in [1.807, 2.05) is 6.92 Å². The molecule has 1 unspecified atom stereocenters. The van der Waals surface area contributed by atoms with Gasteiger partial charge in [0.2, 0.25) is 0 Å². The van der Waals surface area contributed by atoms with E-state index in [1.165, 1.54) is 11.1 Å². The molecule has 1 aromatic rings. The molecule has 2 saturated heterocycles. The van der Waals surface area contributed by atoms with Crippen LogP contribution in [0.5, 0.6) is 0 Å². The molecule has 0 aromatic heterocycles. The molecular weight excluding hydrogens is 531 g/mol. The molecule has 3 rings (SSSR count). The highest BCUT2D eigenvalue weighted by Crippen LogP contribution is 2.11. The number of morpholine rings is 1. The second-order valence-corrected chi connectivity index (χ2v) is 9.33. The Hall–Kier alpha value is -0.980. The van der Waals surface area contributed by atoms with E-state index in [-0.39, 0.29) is 24.0 Å². The fourth-order valence-corrected chi connectivity index (χ4v) is 4.10. The molecule has 8 nitrogen and oxygen atoms in total. The zero-order valence-corrected chi connectivity index (χ0v) is 22.9. The van der Waals surface area contributed by atoms with Crippen molar-refractivity contribution in [2.24, 2.45) is 4.99 Å². The predicted molar refractivity (Wildman–Crippen MR) is 145 cm³/mol. The summed E-state index contributed by atoms with van der Waals surface area (Å²) in [4.78, 5) is 11.9. The molecule has 0 saturated carbocycles. The normalized spacial score (nSPS) is 20.7. The van der Waals surface area contributed by atoms with Crippen molar-refractivity contribution in [1.29, 1.82) is 0 Å². The minimum atomic E-state index is -0.835. The molecule has 2 fully saturated rings. The van der Waals surface area contributed by atoms with Gasteiger partial charge in [0.15, 0.2) is 5.96 Å². The van der Waals surface area contributed by atoms with Gasteiger partial charge < -0.3 is 25.4 Å². The van der Waals surface area contributed by atoms with Crippen molar-refractivity contribution in [1.82, 2.24) is 25.3 Å². The van der Waals surface area contributed by atoms with E-state index >= 15 is 0 Å². The predicted octanol–water partition coefficient (Wildman–Crippen LogP) is 1.19. The summed E-state index contributed by atoms with van der Waals surface area (Å²) >= 11 is 0. The van der Waals surface area contributed by atoms with Gasteiger partial charge in [0, 0.05) is 65.4 Å². The zero-order chi connectivity index (χ0) is 22.8. The first kappa shape index (κ1) is 28.3. The summed E-state index contributed by atoms with van der Waals surface area (Å²) in [6.45, 7) is 15.2. The maximum Gasteiger partial charge on any atom is 0.191 e. The number of β-amino-alcohol motifs (C(OH)–C–C–N with tert-alkyl or cyclic N) is 1. The van der Waals surface area contributed by atoms with Gasteiger partial charge in [-0.05, 0) is 32.0 Å². The molecule has 2 heterocycles. The third-order valence-electron chi connectivity index (χ3n) is 6.09. The van der Waals surface area contributed by atoms with Crippen LogP contribution in [0, 0.1) is 0 Å². The Bertz CT molecular complexity index is 701. The fourth-order valence-electron chi connectivity index (χ4n) is 4.10. The minimum absolute atomic E-state index is 0. The lowest BCUT2D eigenvalue weighted by molar-refractivity contribution is -0.0201. The number of piperazine rings is 1. The number of aliphatic hydroxyl groups is 1. The molecule has 0 spiro atoms. The Kier molecular flexibility index (Phi) is 12.4. The van der Waals surface area contributed by atoms with Gasteiger partial charge in [-0.3, -0.25) is 9.80 Å². The Balaban J connectivity index is 0.00000385. The number of rotatable bonds is 9. The van der Waals surface area contributed by atoms with Gasteiger partial charge in [0.05, 0.1) is 25.4 Å². The van der Waals surface area contributed by atoms with Crippen molar-refractivity contribution in [3.8, 4) is 0 Å². The largest absolute Gasteiger partial charge is 0.387 e. The second-order valence-electron chi connectivity index (χ2n) is 9.33. The Morgan fingerprint density at radius 3 is 2.27 bits per heavy atom. The zero-order valence-electron chi connectivity index (χ0n) is 20.6. The molecule has 0 amide bonds. The number of aliphatic imine (C=N–C) groups is 1. The van der Waals surface area contributed by atoms with E-state index in [4.69, 9.17) is 9.73 Å². The Morgan fingerprint density at radius 2 is 1.64 bits per heavy atom. The van der Waals surface area contributed by atoms with Crippen LogP contribution in [0.2, 0.25) is 0 Å². The molecule has 1 aromatic carbocycles. The van der Waals surface area contributed by atoms with Crippen LogP contribution in [0.25, 0.3) is 0 Å². The first-order valence-corrected chi connectivity index (χ1v) is 12.0. The third kappa shape index (κ3) is 10.4. The summed E-state index contributed by atoms with van der Waals surface area (Å²) in [5.74, 6) is 0.733. The standard InChI is InChI=1S/C24H42N6O2.HI/c1-4-25-23(27-19-24(2,31)20-30-13-15-32-16-14-30)26-17-21-5-7-22(8-6-21)18-29-11-9-28(3)10-12-29;/h5-8,31H,4,9-20H2,1-3H3,(H2,25,26,27);1H. The number of nitrogens with zero attached hydrogens (tertiary/aromatic N) is 4. The van der Waals surface area contributed by atoms with Gasteiger partial charge in [-0.25, -0.2) is 4.99 Å². The average Bonchev–Trinajstić information content (AvgIpc) is 2.79. The first-order chi connectivity index (χ1) is 15.4. The molecule has 2 aliphatic heterocycles. The van der Waals surface area contributed by atoms with Gasteiger partial charge in [-0.15, -0.1) is 24.0 Å². The van der Waals surface area contributed by atoms with Crippen LogP contribution in [-0.2, 0) is 17.8 Å². The third-order valence-corrected chi connectivity index (χ3v) is 6.09. The van der Waals surface area contributed by atoms with E-state index in [0.29, 0.717) is 19.6 Å². The number of hydrogen-bond acceptors (Lipinski definition) is 6. The van der Waals surface area contributed by atoms with E-state index in [1.54, 1.807) is 0 Å². The number of benzene rings is 1. The van der Waals surface area contributed by atoms with E-state index in [2.05, 4.69) is 63.6 Å². The number of nitrogens with one attached hydrogen (secondary N) is 2. The summed E-state index contributed by atoms with van der Waals surface area (Å²) in [6, 6.07) is 8.79. The number of hydrogen-bond donors (Lipinski definition) is 3. The molecule has 1 atom stereocenters. The monoisotopic (exact) mass is 574 g/mol. The molecule has 2 aliphatic rings. The van der Waals surface area contributed by atoms with Crippen LogP contribution in [-0.4, -0.2) is 111 Å². The molecule has 0 bridgehead atoms. The van der Waals surface area contributed by atoms with Crippen molar-refractivity contribution >= 4 is 29.9 Å². The molecule has 188 valence electrons. The smallest absolute Gasteiger partial charge is 0.191 e. The number of halogens is 1. The molecular formula is C24H43IN6O2. The van der Waals surface area contributed by atoms with Gasteiger partial charge in [0.1, 0.15) is 0 Å². The van der Waals surface area contributed by atoms with Crippen LogP contribution in [0.15, 0.2) is 29.3 Å². The average molecular weight is 575 g/mol. The molecule has 0 radical (unpaired) electrons. The van der Waals surface area contributed by atoms with E-state index in [9.17, 15) is 5.11 Å². The maximum atomic E-state index is 10.8. The number of ether oxygens (including phenoxy) is 1. The van der Waals surface area contributed by atoms with Crippen LogP contribution < -0.4 is 10.6 Å². The first-order valence-electron chi connectivity index (χ1n) is 12.0. The highest BCUT2D eigenvalue weighted by atomic mass is 127. The van der Waals surface area contributed by atoms with Crippen LogP contribution in [0.4, 0.5) is 0 Å². The van der Waals surface area contributed by atoms with Crippen molar-refractivity contribution in [3.05, 3.63) is 35.4 Å². The SMILES string of the molecule is CCNC(=NCc1ccc(CN2CCN(C)CC2)cc1)NCC(C)(O)CN1CCOCC1.I. The van der Waals surface area contributed by atoms with E-state index < -0.39 is 5.60 Å². The van der Waals surface area contributed by atoms with Crippen LogP contribution >= 0.6 is 24.0 Å². The molecule has 3 N–H and O–H groups in total. The highest BCUT2D eigenvalue weighted by Gasteiger charge is 2.25. The second kappa shape index (κ2) is 14.4. The lowest BCUT2D eigenvalue weighted by Crippen LogP contribution is -2.52. The van der Waals surface area contributed by atoms with Crippen molar-refractivity contribution < 1.29 is 9.84 Å². The molecule has 9 heteroatoms. The lowest BCUT2D eigenvalue weighted by Gasteiger charge is -2.34. The summed E-state index contributed by atoms with van der Waals surface area (Å²) < 4.78 is 5.40. The van der Waals surface area contributed by atoms with Crippen molar-refractivity contribution in [3.63, 3.8) is 0 Å². The molecule has 33 heavy (non-hydrogen) atoms. The quantitative estimate of drug-likeness (QED) is 0.233. The summed E-state index contributed by atoms with van der Waals surface area (Å²) in [7, 11) is 2.19. The topological polar surface area (TPSA) is 75.6 Å². The van der Waals surface area contributed by atoms with Gasteiger partial charge in [-0.2, -0.15) is 0 Å². The summed E-state index contributed by atoms with van der Waals surface area (Å²) in [5, 5.41) is 17.4. The number of guanidine groups is 1. The van der Waals surface area contributed by atoms with Gasteiger partial charge in [-0.1, -0.05) is 24.3 Å². The van der Waals surface area contributed by atoms with Crippen molar-refractivity contribution in [2.45, 2.75) is 32.5 Å².